The highest BCUT2D eigenvalue weighted by Crippen LogP contribution is 2.37. The summed E-state index contributed by atoms with van der Waals surface area (Å²) in [6, 6.07) is 0.737. The van der Waals surface area contributed by atoms with E-state index in [1.807, 2.05) is 0 Å². The van der Waals surface area contributed by atoms with Crippen molar-refractivity contribution in [2.24, 2.45) is 13.0 Å². The van der Waals surface area contributed by atoms with Gasteiger partial charge in [0.05, 0.1) is 6.54 Å². The van der Waals surface area contributed by atoms with Crippen LogP contribution in [0, 0.1) is 5.92 Å². The van der Waals surface area contributed by atoms with Crippen LogP contribution in [0.15, 0.2) is 4.79 Å². The van der Waals surface area contributed by atoms with Gasteiger partial charge in [0.1, 0.15) is 5.82 Å². The first-order chi connectivity index (χ1) is 7.22. The molecule has 0 radical (unpaired) electrons. The minimum absolute atomic E-state index is 0.116. The molecule has 1 saturated heterocycles. The van der Waals surface area contributed by atoms with E-state index in [0.29, 0.717) is 0 Å². The number of piperidine rings is 1. The molecule has 0 aromatic carbocycles. The first-order valence-electron chi connectivity index (χ1n) is 5.58. The Morgan fingerprint density at radius 1 is 1.53 bits per heavy atom. The summed E-state index contributed by atoms with van der Waals surface area (Å²) in [6.07, 6.45) is 4.05. The Labute approximate surface area is 88.1 Å². The Morgan fingerprint density at radius 3 is 2.93 bits per heavy atom. The van der Waals surface area contributed by atoms with Crippen LogP contribution in [-0.4, -0.2) is 32.3 Å². The van der Waals surface area contributed by atoms with Gasteiger partial charge in [-0.15, -0.1) is 0 Å². The van der Waals surface area contributed by atoms with Crippen molar-refractivity contribution in [3.63, 3.8) is 0 Å². The average molecular weight is 208 g/mol. The van der Waals surface area contributed by atoms with E-state index in [1.165, 1.54) is 30.5 Å². The van der Waals surface area contributed by atoms with Gasteiger partial charge in [-0.3, -0.25) is 9.88 Å². The van der Waals surface area contributed by atoms with Gasteiger partial charge in [0.25, 0.3) is 0 Å². The Kier molecular flexibility index (Phi) is 1.95. The largest absolute Gasteiger partial charge is 0.343 e. The van der Waals surface area contributed by atoms with Gasteiger partial charge in [-0.1, -0.05) is 0 Å². The number of H-pyrrole nitrogens is 1. The molecule has 15 heavy (non-hydrogen) atoms. The highest BCUT2D eigenvalue weighted by atomic mass is 16.1. The van der Waals surface area contributed by atoms with Gasteiger partial charge in [-0.2, -0.15) is 5.10 Å². The number of hydrogen-bond donors (Lipinski definition) is 1. The number of fused-ring (bicyclic) bond motifs is 2. The van der Waals surface area contributed by atoms with Gasteiger partial charge in [-0.25, -0.2) is 9.48 Å². The second kappa shape index (κ2) is 3.20. The standard InChI is InChI=1S/C10H16N4O/c1-13-10(15)11-9(12-13)6-14-5-7-2-3-8(14)4-7/h7-8H,2-6H2,1H3,(H,11,12,15). The molecule has 82 valence electrons. The molecule has 2 heterocycles. The molecule has 0 amide bonds. The van der Waals surface area contributed by atoms with Gasteiger partial charge >= 0.3 is 5.69 Å². The van der Waals surface area contributed by atoms with Crippen LogP contribution in [0.2, 0.25) is 0 Å². The lowest BCUT2D eigenvalue weighted by molar-refractivity contribution is 0.200. The van der Waals surface area contributed by atoms with Crippen LogP contribution >= 0.6 is 0 Å². The summed E-state index contributed by atoms with van der Waals surface area (Å²) in [4.78, 5) is 16.4. The first-order valence-corrected chi connectivity index (χ1v) is 5.58. The molecule has 2 atom stereocenters. The molecule has 2 bridgehead atoms. The molecule has 2 aliphatic rings. The van der Waals surface area contributed by atoms with Crippen molar-refractivity contribution in [1.29, 1.82) is 0 Å². The third-order valence-electron chi connectivity index (χ3n) is 3.69. The highest BCUT2D eigenvalue weighted by Gasteiger charge is 2.37. The summed E-state index contributed by atoms with van der Waals surface area (Å²) >= 11 is 0. The van der Waals surface area contributed by atoms with E-state index in [4.69, 9.17) is 0 Å². The smallest absolute Gasteiger partial charge is 0.293 e. The number of nitrogens with zero attached hydrogens (tertiary/aromatic N) is 3. The van der Waals surface area contributed by atoms with E-state index >= 15 is 0 Å². The van der Waals surface area contributed by atoms with Gasteiger partial charge < -0.3 is 0 Å². The van der Waals surface area contributed by atoms with E-state index < -0.39 is 0 Å². The monoisotopic (exact) mass is 208 g/mol. The van der Waals surface area contributed by atoms with Crippen LogP contribution in [0.1, 0.15) is 25.1 Å². The lowest BCUT2D eigenvalue weighted by Crippen LogP contribution is -2.31. The molecule has 1 aliphatic carbocycles. The molecule has 1 N–H and O–H groups in total. The molecule has 5 nitrogen and oxygen atoms in total. The fourth-order valence-electron chi connectivity index (χ4n) is 2.94. The summed E-state index contributed by atoms with van der Waals surface area (Å²) in [5, 5.41) is 4.16. The minimum Gasteiger partial charge on any atom is -0.293 e. The molecule has 3 rings (SSSR count). The number of hydrogen-bond acceptors (Lipinski definition) is 3. The van der Waals surface area contributed by atoms with E-state index in [9.17, 15) is 4.79 Å². The Morgan fingerprint density at radius 2 is 2.40 bits per heavy atom. The lowest BCUT2D eigenvalue weighted by Gasteiger charge is -2.25. The summed E-state index contributed by atoms with van der Waals surface area (Å²) in [7, 11) is 1.68. The maximum absolute atomic E-state index is 11.2. The van der Waals surface area contributed by atoms with Crippen molar-refractivity contribution in [2.45, 2.75) is 31.8 Å². The summed E-state index contributed by atoms with van der Waals surface area (Å²) in [6.45, 7) is 1.99. The van der Waals surface area contributed by atoms with Crippen LogP contribution in [0.5, 0.6) is 0 Å². The molecule has 1 aromatic rings. The third-order valence-corrected chi connectivity index (χ3v) is 3.69. The van der Waals surface area contributed by atoms with Crippen molar-refractivity contribution in [1.82, 2.24) is 19.7 Å². The zero-order valence-electron chi connectivity index (χ0n) is 8.94. The van der Waals surface area contributed by atoms with Crippen molar-refractivity contribution < 1.29 is 0 Å². The Bertz CT molecular complexity index is 421. The van der Waals surface area contributed by atoms with E-state index in [1.54, 1.807) is 7.05 Å². The SMILES string of the molecule is Cn1nc(CN2CC3CCC2C3)[nH]c1=O. The van der Waals surface area contributed by atoms with Crippen LogP contribution in [-0.2, 0) is 13.6 Å². The molecule has 1 aliphatic heterocycles. The van der Waals surface area contributed by atoms with Gasteiger partial charge in [0, 0.05) is 19.6 Å². The fourth-order valence-corrected chi connectivity index (χ4v) is 2.94. The quantitative estimate of drug-likeness (QED) is 0.749. The van der Waals surface area contributed by atoms with Crippen LogP contribution in [0.25, 0.3) is 0 Å². The van der Waals surface area contributed by atoms with Crippen molar-refractivity contribution in [3.8, 4) is 0 Å². The maximum Gasteiger partial charge on any atom is 0.343 e. The number of likely N-dealkylation sites (tertiary alicyclic amines) is 1. The van der Waals surface area contributed by atoms with Gasteiger partial charge in [-0.05, 0) is 25.2 Å². The van der Waals surface area contributed by atoms with E-state index in [2.05, 4.69) is 15.0 Å². The summed E-state index contributed by atoms with van der Waals surface area (Å²) in [5.74, 6) is 1.69. The van der Waals surface area contributed by atoms with Crippen molar-refractivity contribution in [2.75, 3.05) is 6.54 Å². The van der Waals surface area contributed by atoms with Crippen LogP contribution in [0.4, 0.5) is 0 Å². The minimum atomic E-state index is -0.116. The molecule has 5 heteroatoms. The number of rotatable bonds is 2. The number of nitrogens with one attached hydrogen (secondary N) is 1. The topological polar surface area (TPSA) is 53.9 Å². The van der Waals surface area contributed by atoms with Gasteiger partial charge in [0.2, 0.25) is 0 Å². The molecule has 1 saturated carbocycles. The Hall–Kier alpha value is -1.10. The van der Waals surface area contributed by atoms with Gasteiger partial charge in [0.15, 0.2) is 0 Å². The number of aromatic amines is 1. The summed E-state index contributed by atoms with van der Waals surface area (Å²) in [5.41, 5.74) is -0.116. The van der Waals surface area contributed by atoms with E-state index in [0.717, 1.165) is 24.3 Å². The zero-order valence-corrected chi connectivity index (χ0v) is 8.94. The van der Waals surface area contributed by atoms with E-state index in [-0.39, 0.29) is 5.69 Å². The first kappa shape index (κ1) is 9.15. The fraction of sp³-hybridized carbons (Fsp3) is 0.800. The zero-order chi connectivity index (χ0) is 10.4. The average Bonchev–Trinajstić information content (AvgIpc) is 2.84. The Balaban J connectivity index is 1.73. The second-order valence-corrected chi connectivity index (χ2v) is 4.76. The molecule has 0 spiro atoms. The number of aromatic nitrogens is 3. The summed E-state index contributed by atoms with van der Waals surface area (Å²) < 4.78 is 1.36. The molecular weight excluding hydrogens is 192 g/mol. The normalized spacial score (nSPS) is 30.2. The van der Waals surface area contributed by atoms with Crippen LogP contribution in [0.3, 0.4) is 0 Å². The highest BCUT2D eigenvalue weighted by molar-refractivity contribution is 4.94. The van der Waals surface area contributed by atoms with Crippen molar-refractivity contribution in [3.05, 3.63) is 16.3 Å². The lowest BCUT2D eigenvalue weighted by atomic mass is 10.1. The molecule has 1 aromatic heterocycles. The second-order valence-electron chi connectivity index (χ2n) is 4.76. The number of aryl methyl sites for hydroxylation is 1. The molecule has 2 unspecified atom stereocenters. The maximum atomic E-state index is 11.2. The van der Waals surface area contributed by atoms with Crippen LogP contribution < -0.4 is 5.69 Å². The molecular formula is C10H16N4O. The molecule has 2 fully saturated rings. The predicted octanol–water partition coefficient (Wildman–Crippen LogP) is 0.0927. The van der Waals surface area contributed by atoms with Crippen molar-refractivity contribution >= 4 is 0 Å². The predicted molar refractivity (Wildman–Crippen MR) is 55.4 cm³/mol. The third kappa shape index (κ3) is 1.51.